The maximum atomic E-state index is 5.43. The molecule has 7 aromatic carbocycles. The number of para-hydroxylation sites is 2. The summed E-state index contributed by atoms with van der Waals surface area (Å²) in [5.74, 6) is 0.624. The summed E-state index contributed by atoms with van der Waals surface area (Å²) in [5, 5.41) is 4.40. The van der Waals surface area contributed by atoms with Gasteiger partial charge in [-0.2, -0.15) is 0 Å². The van der Waals surface area contributed by atoms with Crippen LogP contribution in [0.4, 0.5) is 17.3 Å². The fourth-order valence-corrected chi connectivity index (χ4v) is 7.31. The topological polar surface area (TPSA) is 41.9 Å². The van der Waals surface area contributed by atoms with Crippen molar-refractivity contribution in [3.8, 4) is 44.8 Å². The van der Waals surface area contributed by atoms with Crippen LogP contribution < -0.4 is 4.90 Å². The summed E-state index contributed by atoms with van der Waals surface area (Å²) in [4.78, 5) is 18.2. The van der Waals surface area contributed by atoms with Crippen LogP contribution in [0.3, 0.4) is 0 Å². The molecule has 0 radical (unpaired) electrons. The van der Waals surface area contributed by atoms with Gasteiger partial charge in [0.05, 0.1) is 33.8 Å². The molecule has 0 aliphatic carbocycles. The van der Waals surface area contributed by atoms with Crippen LogP contribution in [0, 0.1) is 0 Å². The van der Waals surface area contributed by atoms with Crippen molar-refractivity contribution in [1.29, 1.82) is 0 Å². The summed E-state index contributed by atoms with van der Waals surface area (Å²) in [6.45, 7) is 0. The summed E-state index contributed by atoms with van der Waals surface area (Å²) in [6.07, 6.45) is 0. The highest BCUT2D eigenvalue weighted by molar-refractivity contribution is 6.20. The van der Waals surface area contributed by atoms with Crippen LogP contribution in [0.1, 0.15) is 0 Å². The molecule has 0 amide bonds. The Labute approximate surface area is 283 Å². The quantitative estimate of drug-likeness (QED) is 0.183. The second-order valence-electron chi connectivity index (χ2n) is 12.4. The number of pyridine rings is 1. The zero-order valence-electron chi connectivity index (χ0n) is 26.5. The molecule has 0 N–H and O–H groups in total. The third-order valence-corrected chi connectivity index (χ3v) is 9.58. The van der Waals surface area contributed by atoms with Crippen molar-refractivity contribution in [1.82, 2.24) is 15.0 Å². The minimum absolute atomic E-state index is 0.624. The molecule has 49 heavy (non-hydrogen) atoms. The highest BCUT2D eigenvalue weighted by Crippen LogP contribution is 2.52. The van der Waals surface area contributed by atoms with Crippen LogP contribution in [0.5, 0.6) is 0 Å². The fraction of sp³-hybridized carbons (Fsp3) is 0. The Morgan fingerprint density at radius 1 is 0.347 bits per heavy atom. The molecule has 0 unspecified atom stereocenters. The molecule has 3 heterocycles. The number of rotatable bonds is 4. The van der Waals surface area contributed by atoms with E-state index in [4.69, 9.17) is 15.0 Å². The molecule has 0 spiro atoms. The monoisotopic (exact) mass is 624 g/mol. The van der Waals surface area contributed by atoms with Crippen molar-refractivity contribution in [3.63, 3.8) is 0 Å². The number of benzene rings is 7. The normalized spacial score (nSPS) is 12.0. The maximum absolute atomic E-state index is 5.43. The maximum Gasteiger partial charge on any atom is 0.235 e. The molecule has 4 heteroatoms. The summed E-state index contributed by atoms with van der Waals surface area (Å²) >= 11 is 0. The first-order valence-electron chi connectivity index (χ1n) is 16.5. The van der Waals surface area contributed by atoms with Gasteiger partial charge in [-0.1, -0.05) is 133 Å². The zero-order chi connectivity index (χ0) is 32.3. The lowest BCUT2D eigenvalue weighted by molar-refractivity contribution is 1.11. The van der Waals surface area contributed by atoms with Crippen LogP contribution in [0.15, 0.2) is 170 Å². The van der Waals surface area contributed by atoms with E-state index >= 15 is 0 Å². The predicted octanol–water partition coefficient (Wildman–Crippen LogP) is 11.8. The van der Waals surface area contributed by atoms with Crippen LogP contribution in [0.25, 0.3) is 77.3 Å². The summed E-state index contributed by atoms with van der Waals surface area (Å²) in [7, 11) is 0. The van der Waals surface area contributed by atoms with Gasteiger partial charge in [-0.05, 0) is 64.0 Å². The molecule has 1 aliphatic heterocycles. The van der Waals surface area contributed by atoms with Crippen molar-refractivity contribution < 1.29 is 0 Å². The molecule has 0 saturated carbocycles. The molecular formula is C45H28N4. The Hall–Kier alpha value is -6.65. The van der Waals surface area contributed by atoms with Crippen molar-refractivity contribution in [2.75, 3.05) is 4.90 Å². The molecule has 4 nitrogen and oxygen atoms in total. The predicted molar refractivity (Wildman–Crippen MR) is 202 cm³/mol. The first kappa shape index (κ1) is 27.5. The van der Waals surface area contributed by atoms with E-state index in [9.17, 15) is 0 Å². The van der Waals surface area contributed by atoms with Gasteiger partial charge in [0.1, 0.15) is 0 Å². The Morgan fingerprint density at radius 3 is 1.71 bits per heavy atom. The van der Waals surface area contributed by atoms with Gasteiger partial charge in [0.2, 0.25) is 5.95 Å². The van der Waals surface area contributed by atoms with Crippen LogP contribution in [-0.2, 0) is 0 Å². The van der Waals surface area contributed by atoms with Crippen LogP contribution >= 0.6 is 0 Å². The van der Waals surface area contributed by atoms with Crippen LogP contribution in [-0.4, -0.2) is 15.0 Å². The van der Waals surface area contributed by atoms with E-state index in [0.29, 0.717) is 5.95 Å². The molecule has 1 aliphatic rings. The molecule has 2 aromatic heterocycles. The Kier molecular flexibility index (Phi) is 6.15. The van der Waals surface area contributed by atoms with E-state index in [2.05, 4.69) is 163 Å². The lowest BCUT2D eigenvalue weighted by atomic mass is 9.91. The molecule has 228 valence electrons. The number of hydrogen-bond acceptors (Lipinski definition) is 4. The third kappa shape index (κ3) is 4.42. The van der Waals surface area contributed by atoms with Gasteiger partial charge in [0.25, 0.3) is 0 Å². The van der Waals surface area contributed by atoms with Gasteiger partial charge in [0, 0.05) is 27.3 Å². The first-order valence-corrected chi connectivity index (χ1v) is 16.5. The van der Waals surface area contributed by atoms with Gasteiger partial charge in [0.15, 0.2) is 0 Å². The van der Waals surface area contributed by atoms with Crippen molar-refractivity contribution >= 4 is 49.9 Å². The van der Waals surface area contributed by atoms with Crippen LogP contribution in [0.2, 0.25) is 0 Å². The lowest BCUT2D eigenvalue weighted by Crippen LogP contribution is -2.18. The van der Waals surface area contributed by atoms with E-state index in [1.807, 2.05) is 12.1 Å². The van der Waals surface area contributed by atoms with Crippen molar-refractivity contribution in [3.05, 3.63) is 170 Å². The van der Waals surface area contributed by atoms with E-state index in [-0.39, 0.29) is 0 Å². The zero-order valence-corrected chi connectivity index (χ0v) is 26.5. The van der Waals surface area contributed by atoms with Gasteiger partial charge < -0.3 is 0 Å². The number of fused-ring (bicyclic) bond motifs is 5. The smallest absolute Gasteiger partial charge is 0.235 e. The molecular weight excluding hydrogens is 597 g/mol. The first-order chi connectivity index (χ1) is 24.3. The highest BCUT2D eigenvalue weighted by Gasteiger charge is 2.30. The highest BCUT2D eigenvalue weighted by atomic mass is 15.3. The molecule has 10 rings (SSSR count). The Balaban J connectivity index is 1.26. The number of hydrogen-bond donors (Lipinski definition) is 0. The van der Waals surface area contributed by atoms with Gasteiger partial charge in [-0.25, -0.2) is 15.0 Å². The van der Waals surface area contributed by atoms with Gasteiger partial charge >= 0.3 is 0 Å². The van der Waals surface area contributed by atoms with E-state index < -0.39 is 0 Å². The van der Waals surface area contributed by atoms with Gasteiger partial charge in [-0.15, -0.1) is 0 Å². The number of anilines is 3. The minimum Gasteiger partial charge on any atom is -0.278 e. The summed E-state index contributed by atoms with van der Waals surface area (Å²) in [6, 6.07) is 59.6. The van der Waals surface area contributed by atoms with E-state index in [1.165, 1.54) is 5.56 Å². The molecule has 0 saturated heterocycles. The summed E-state index contributed by atoms with van der Waals surface area (Å²) < 4.78 is 0. The largest absolute Gasteiger partial charge is 0.278 e. The molecule has 0 bridgehead atoms. The average Bonchev–Trinajstić information content (AvgIpc) is 3.18. The Morgan fingerprint density at radius 2 is 0.939 bits per heavy atom. The fourth-order valence-electron chi connectivity index (χ4n) is 7.31. The third-order valence-electron chi connectivity index (χ3n) is 9.58. The van der Waals surface area contributed by atoms with Gasteiger partial charge in [-0.3, -0.25) is 4.90 Å². The number of nitrogens with zero attached hydrogens (tertiary/aromatic N) is 4. The Bertz CT molecular complexity index is 2720. The standard InChI is InChI=1S/C45H28N4/c1-3-13-29(14-4-1)31-17-11-18-33(27-31)43-36-20-8-10-23-39(36)47-45(48-43)49-40-26-25-32(30-15-5-2-6-16-30)28-37(40)44-42-35(21-12-24-41(42)49)34-19-7-9-22-38(34)46-44/h1-28H. The second kappa shape index (κ2) is 11.0. The molecule has 0 atom stereocenters. The van der Waals surface area contributed by atoms with E-state index in [1.54, 1.807) is 0 Å². The molecule has 9 aromatic rings. The number of aromatic nitrogens is 3. The molecule has 0 fully saturated rings. The van der Waals surface area contributed by atoms with Crippen molar-refractivity contribution in [2.45, 2.75) is 0 Å². The summed E-state index contributed by atoms with van der Waals surface area (Å²) in [5.41, 5.74) is 12.5. The van der Waals surface area contributed by atoms with E-state index in [0.717, 1.165) is 83.2 Å². The lowest BCUT2D eigenvalue weighted by Gasteiger charge is -2.32. The average molecular weight is 625 g/mol. The van der Waals surface area contributed by atoms with Crippen molar-refractivity contribution in [2.24, 2.45) is 0 Å². The minimum atomic E-state index is 0.624. The second-order valence-corrected chi connectivity index (χ2v) is 12.4. The SMILES string of the molecule is c1ccc(-c2cccc(-c3nc(N4c5ccc(-c6ccccc6)cc5-c5nc6ccccc6c6cccc4c56)nc4ccccc34)c2)cc1.